The molecule has 5 rings (SSSR count). The van der Waals surface area contributed by atoms with Crippen molar-refractivity contribution in [1.82, 2.24) is 4.31 Å². The number of nitrogens with zero attached hydrogens (tertiary/aromatic N) is 2. The molecule has 11 heteroatoms. The van der Waals surface area contributed by atoms with Crippen molar-refractivity contribution in [3.63, 3.8) is 0 Å². The van der Waals surface area contributed by atoms with E-state index in [1.807, 2.05) is 49.4 Å². The van der Waals surface area contributed by atoms with Crippen LogP contribution in [0.4, 0.5) is 5.69 Å². The van der Waals surface area contributed by atoms with Crippen molar-refractivity contribution >= 4 is 33.5 Å². The predicted octanol–water partition coefficient (Wildman–Crippen LogP) is 5.69. The molecule has 0 heterocycles. The average molecular weight is 664 g/mol. The number of likely N-dealkylation sites (N-methyl/N-ethyl adjacent to an activating group) is 1. The first kappa shape index (κ1) is 33.6. The second kappa shape index (κ2) is 13.9. The van der Waals surface area contributed by atoms with E-state index >= 15 is 0 Å². The third kappa shape index (κ3) is 7.12. The third-order valence-electron chi connectivity index (χ3n) is 7.88. The molecule has 48 heavy (non-hydrogen) atoms. The van der Waals surface area contributed by atoms with Gasteiger partial charge in [-0.1, -0.05) is 78.4 Å². The molecule has 0 fully saturated rings. The lowest BCUT2D eigenvalue weighted by Crippen LogP contribution is -2.41. The Hall–Kier alpha value is -5.78. The lowest BCUT2D eigenvalue weighted by Gasteiger charge is -2.26. The second-order valence-corrected chi connectivity index (χ2v) is 13.3. The van der Waals surface area contributed by atoms with E-state index in [1.54, 1.807) is 42.5 Å². The fourth-order valence-electron chi connectivity index (χ4n) is 5.38. The molecule has 0 aliphatic carbocycles. The minimum atomic E-state index is -4.04. The monoisotopic (exact) mass is 663 g/mol. The van der Waals surface area contributed by atoms with Crippen molar-refractivity contribution in [2.75, 3.05) is 18.5 Å². The van der Waals surface area contributed by atoms with Crippen LogP contribution in [-0.2, 0) is 21.4 Å². The van der Waals surface area contributed by atoms with Crippen LogP contribution in [0, 0.1) is 6.92 Å². The van der Waals surface area contributed by atoms with Gasteiger partial charge in [0.15, 0.2) is 0 Å². The number of carbonyl (C=O) groups is 3. The molecule has 5 aromatic rings. The zero-order valence-corrected chi connectivity index (χ0v) is 27.0. The van der Waals surface area contributed by atoms with E-state index in [-0.39, 0.29) is 22.7 Å². The number of hydrogen-bond acceptors (Lipinski definition) is 6. The van der Waals surface area contributed by atoms with Gasteiger partial charge < -0.3 is 20.8 Å². The maximum atomic E-state index is 13.9. The highest BCUT2D eigenvalue weighted by molar-refractivity contribution is 7.89. The van der Waals surface area contributed by atoms with Gasteiger partial charge in [0, 0.05) is 29.9 Å². The number of aromatic hydroxyl groups is 1. The van der Waals surface area contributed by atoms with Crippen molar-refractivity contribution in [1.29, 1.82) is 0 Å². The summed E-state index contributed by atoms with van der Waals surface area (Å²) in [5.74, 6) is -3.16. The van der Waals surface area contributed by atoms with Gasteiger partial charge in [0.1, 0.15) is 11.3 Å². The van der Waals surface area contributed by atoms with Crippen LogP contribution in [0.3, 0.4) is 0 Å². The molecule has 0 saturated carbocycles. The van der Waals surface area contributed by atoms with Crippen LogP contribution < -0.4 is 10.6 Å². The van der Waals surface area contributed by atoms with E-state index in [0.29, 0.717) is 22.3 Å². The van der Waals surface area contributed by atoms with E-state index in [2.05, 4.69) is 0 Å². The smallest absolute Gasteiger partial charge is 0.339 e. The SMILES string of the molecule is Cc1ccc(S(=O)(=O)N(C)CC(=O)N(Cc2cccc(-c3c(C(N)=O)cccc3-c3ccccc3)c2)c2ccc(C(=O)O)c(O)c2)cc1. The highest BCUT2D eigenvalue weighted by Crippen LogP contribution is 2.36. The first-order valence-electron chi connectivity index (χ1n) is 14.8. The van der Waals surface area contributed by atoms with Crippen molar-refractivity contribution in [2.24, 2.45) is 5.73 Å². The summed E-state index contributed by atoms with van der Waals surface area (Å²) < 4.78 is 27.6. The van der Waals surface area contributed by atoms with Gasteiger partial charge in [-0.15, -0.1) is 0 Å². The third-order valence-corrected chi connectivity index (χ3v) is 9.70. The largest absolute Gasteiger partial charge is 0.507 e. The van der Waals surface area contributed by atoms with Crippen LogP contribution in [0.25, 0.3) is 22.3 Å². The topological polar surface area (TPSA) is 158 Å². The first-order chi connectivity index (χ1) is 22.9. The number of benzene rings is 5. The molecule has 0 saturated heterocycles. The quantitative estimate of drug-likeness (QED) is 0.164. The van der Waals surface area contributed by atoms with Gasteiger partial charge in [0.25, 0.3) is 0 Å². The Morgan fingerprint density at radius 2 is 1.44 bits per heavy atom. The Bertz CT molecular complexity index is 2120. The summed E-state index contributed by atoms with van der Waals surface area (Å²) in [4.78, 5) is 39.4. The van der Waals surface area contributed by atoms with Gasteiger partial charge in [-0.2, -0.15) is 4.31 Å². The van der Waals surface area contributed by atoms with Crippen LogP contribution in [0.2, 0.25) is 0 Å². The molecule has 244 valence electrons. The molecule has 0 unspecified atom stereocenters. The van der Waals surface area contributed by atoms with Gasteiger partial charge in [-0.25, -0.2) is 13.2 Å². The summed E-state index contributed by atoms with van der Waals surface area (Å²) in [7, 11) is -2.74. The number of amides is 2. The summed E-state index contributed by atoms with van der Waals surface area (Å²) in [5.41, 5.74) is 10.3. The van der Waals surface area contributed by atoms with Gasteiger partial charge in [-0.3, -0.25) is 9.59 Å². The summed E-state index contributed by atoms with van der Waals surface area (Å²) in [6, 6.07) is 31.9. The van der Waals surface area contributed by atoms with Gasteiger partial charge in [0.05, 0.1) is 18.0 Å². The fourth-order valence-corrected chi connectivity index (χ4v) is 6.50. The Kier molecular flexibility index (Phi) is 9.74. The Morgan fingerprint density at radius 3 is 2.08 bits per heavy atom. The molecule has 2 amide bonds. The lowest BCUT2D eigenvalue weighted by molar-refractivity contribution is -0.118. The molecule has 0 spiro atoms. The van der Waals surface area contributed by atoms with Gasteiger partial charge in [-0.05, 0) is 65.6 Å². The number of aryl methyl sites for hydroxylation is 1. The van der Waals surface area contributed by atoms with E-state index in [0.717, 1.165) is 27.1 Å². The number of sulfonamides is 1. The highest BCUT2D eigenvalue weighted by Gasteiger charge is 2.27. The maximum Gasteiger partial charge on any atom is 0.339 e. The van der Waals surface area contributed by atoms with Crippen LogP contribution in [0.5, 0.6) is 5.75 Å². The number of nitrogens with two attached hydrogens (primary N) is 1. The van der Waals surface area contributed by atoms with Crippen molar-refractivity contribution in [2.45, 2.75) is 18.4 Å². The summed E-state index contributed by atoms with van der Waals surface area (Å²) in [6.07, 6.45) is 0. The minimum Gasteiger partial charge on any atom is -0.507 e. The molecule has 0 atom stereocenters. The van der Waals surface area contributed by atoms with Crippen molar-refractivity contribution in [3.8, 4) is 28.0 Å². The van der Waals surface area contributed by atoms with E-state index in [4.69, 9.17) is 5.73 Å². The predicted molar refractivity (Wildman–Crippen MR) is 183 cm³/mol. The molecule has 0 radical (unpaired) electrons. The summed E-state index contributed by atoms with van der Waals surface area (Å²) in [6.45, 7) is 1.19. The van der Waals surface area contributed by atoms with Crippen LogP contribution >= 0.6 is 0 Å². The normalized spacial score (nSPS) is 11.3. The number of phenols is 1. The Balaban J connectivity index is 1.55. The molecule has 0 aliphatic rings. The van der Waals surface area contributed by atoms with Gasteiger partial charge in [0.2, 0.25) is 21.8 Å². The second-order valence-electron chi connectivity index (χ2n) is 11.2. The summed E-state index contributed by atoms with van der Waals surface area (Å²) in [5, 5.41) is 19.9. The molecular weight excluding hydrogens is 630 g/mol. The molecule has 0 aliphatic heterocycles. The van der Waals surface area contributed by atoms with Crippen molar-refractivity contribution < 1.29 is 33.0 Å². The average Bonchev–Trinajstić information content (AvgIpc) is 3.07. The zero-order valence-electron chi connectivity index (χ0n) is 26.2. The lowest BCUT2D eigenvalue weighted by atomic mass is 9.89. The van der Waals surface area contributed by atoms with Crippen molar-refractivity contribution in [3.05, 3.63) is 138 Å². The molecule has 10 nitrogen and oxygen atoms in total. The number of anilines is 1. The van der Waals surface area contributed by atoms with E-state index in [9.17, 15) is 33.0 Å². The van der Waals surface area contributed by atoms with Crippen LogP contribution in [0.1, 0.15) is 31.8 Å². The number of carboxylic acids is 1. The zero-order chi connectivity index (χ0) is 34.6. The number of hydrogen-bond donors (Lipinski definition) is 3. The first-order valence-corrected chi connectivity index (χ1v) is 16.3. The molecule has 4 N–H and O–H groups in total. The molecule has 0 aromatic heterocycles. The van der Waals surface area contributed by atoms with E-state index in [1.165, 1.54) is 36.2 Å². The molecule has 0 bridgehead atoms. The minimum absolute atomic E-state index is 0.0217. The standard InChI is InChI=1S/C37H33N3O7S/c1-24-14-17-29(18-15-24)48(46,47)39(2)23-34(42)40(28-16-19-31(37(44)45)33(41)21-28)22-25-8-6-11-27(20-25)35-30(26-9-4-3-5-10-26)12-7-13-32(35)36(38)43/h3-21,41H,22-23H2,1-2H3,(H2,38,43)(H,44,45). The van der Waals surface area contributed by atoms with Crippen LogP contribution in [0.15, 0.2) is 120 Å². The molecule has 5 aromatic carbocycles. The number of aromatic carboxylic acids is 1. The number of carboxylic acid groups (broad SMARTS) is 1. The summed E-state index contributed by atoms with van der Waals surface area (Å²) >= 11 is 0. The van der Waals surface area contributed by atoms with Gasteiger partial charge >= 0.3 is 5.97 Å². The maximum absolute atomic E-state index is 13.9. The Labute approximate surface area is 278 Å². The number of rotatable bonds is 11. The van der Waals surface area contributed by atoms with E-state index < -0.39 is 40.1 Å². The highest BCUT2D eigenvalue weighted by atomic mass is 32.2. The molecular formula is C37H33N3O7S. The van der Waals surface area contributed by atoms with Crippen LogP contribution in [-0.4, -0.2) is 54.3 Å². The fraction of sp³-hybridized carbons (Fsp3) is 0.108. The Morgan fingerprint density at radius 1 is 0.771 bits per heavy atom. The number of primary amides is 1. The number of carbonyl (C=O) groups excluding carboxylic acids is 2.